The quantitative estimate of drug-likeness (QED) is 0.252. The molecule has 0 bridgehead atoms. The molecule has 0 aliphatic rings. The fourth-order valence-electron chi connectivity index (χ4n) is 2.74. The first kappa shape index (κ1) is 22.2. The van der Waals surface area contributed by atoms with Crippen molar-refractivity contribution in [1.82, 2.24) is 15.6 Å². The Balaban J connectivity index is 2.15. The number of aromatic amines is 1. The highest BCUT2D eigenvalue weighted by molar-refractivity contribution is 7.80. The van der Waals surface area contributed by atoms with E-state index in [2.05, 4.69) is 28.2 Å². The molecule has 0 aliphatic heterocycles. The van der Waals surface area contributed by atoms with Gasteiger partial charge in [0.15, 0.2) is 0 Å². The number of carboxylic acids is 2. The number of amides is 2. The number of benzene rings is 1. The lowest BCUT2D eigenvalue weighted by Crippen LogP contribution is -2.55. The maximum Gasteiger partial charge on any atom is 0.326 e. The second-order valence-electron chi connectivity index (χ2n) is 6.41. The van der Waals surface area contributed by atoms with Crippen LogP contribution in [0.3, 0.4) is 0 Å². The first-order chi connectivity index (χ1) is 13.7. The lowest BCUT2D eigenvalue weighted by atomic mass is 10.0. The van der Waals surface area contributed by atoms with Crippen LogP contribution in [0.2, 0.25) is 0 Å². The number of carbonyl (C=O) groups is 4. The van der Waals surface area contributed by atoms with Crippen molar-refractivity contribution in [2.45, 2.75) is 31.0 Å². The van der Waals surface area contributed by atoms with Gasteiger partial charge >= 0.3 is 11.9 Å². The lowest BCUT2D eigenvalue weighted by molar-refractivity contribution is -0.143. The van der Waals surface area contributed by atoms with Crippen LogP contribution in [0.4, 0.5) is 0 Å². The summed E-state index contributed by atoms with van der Waals surface area (Å²) in [7, 11) is 0. The van der Waals surface area contributed by atoms with E-state index in [0.717, 1.165) is 10.9 Å². The summed E-state index contributed by atoms with van der Waals surface area (Å²) in [5.41, 5.74) is 7.01. The number of hydrogen-bond acceptors (Lipinski definition) is 6. The number of aliphatic carboxylic acids is 2. The summed E-state index contributed by atoms with van der Waals surface area (Å²) >= 11 is 3.88. The smallest absolute Gasteiger partial charge is 0.326 e. The van der Waals surface area contributed by atoms with E-state index < -0.39 is 48.3 Å². The van der Waals surface area contributed by atoms with Gasteiger partial charge in [-0.05, 0) is 11.6 Å². The molecule has 2 amide bonds. The van der Waals surface area contributed by atoms with Crippen molar-refractivity contribution in [1.29, 1.82) is 0 Å². The van der Waals surface area contributed by atoms with E-state index in [4.69, 9.17) is 10.8 Å². The van der Waals surface area contributed by atoms with Crippen LogP contribution in [-0.4, -0.2) is 62.8 Å². The minimum absolute atomic E-state index is 0.00837. The van der Waals surface area contributed by atoms with E-state index in [-0.39, 0.29) is 12.2 Å². The molecule has 10 nitrogen and oxygen atoms in total. The van der Waals surface area contributed by atoms with Crippen LogP contribution in [0.25, 0.3) is 10.9 Å². The summed E-state index contributed by atoms with van der Waals surface area (Å²) in [5, 5.41) is 23.9. The molecule has 1 aromatic heterocycles. The Labute approximate surface area is 171 Å². The molecule has 11 heteroatoms. The van der Waals surface area contributed by atoms with E-state index in [1.807, 2.05) is 18.2 Å². The normalized spacial score (nSPS) is 14.0. The molecule has 0 saturated heterocycles. The molecule has 2 rings (SSSR count). The number of hydrogen-bond donors (Lipinski definition) is 7. The molecule has 2 aromatic rings. The van der Waals surface area contributed by atoms with E-state index in [1.165, 1.54) is 0 Å². The van der Waals surface area contributed by atoms with Gasteiger partial charge in [0.05, 0.1) is 12.5 Å². The molecule has 1 heterocycles. The second-order valence-corrected chi connectivity index (χ2v) is 6.78. The highest BCUT2D eigenvalue weighted by Crippen LogP contribution is 2.19. The van der Waals surface area contributed by atoms with Gasteiger partial charge in [-0.2, -0.15) is 12.6 Å². The third-order valence-corrected chi connectivity index (χ3v) is 4.65. The minimum atomic E-state index is -1.48. The van der Waals surface area contributed by atoms with Gasteiger partial charge < -0.3 is 31.6 Å². The zero-order chi connectivity index (χ0) is 21.6. The molecular weight excluding hydrogens is 400 g/mol. The number of aromatic nitrogens is 1. The summed E-state index contributed by atoms with van der Waals surface area (Å²) < 4.78 is 0. The van der Waals surface area contributed by atoms with Gasteiger partial charge in [0.25, 0.3) is 0 Å². The first-order valence-corrected chi connectivity index (χ1v) is 9.33. The predicted molar refractivity (Wildman–Crippen MR) is 108 cm³/mol. The molecule has 3 atom stereocenters. The summed E-state index contributed by atoms with van der Waals surface area (Å²) in [6.07, 6.45) is 0.889. The van der Waals surface area contributed by atoms with E-state index >= 15 is 0 Å². The largest absolute Gasteiger partial charge is 0.481 e. The second kappa shape index (κ2) is 9.94. The fraction of sp³-hybridized carbons (Fsp3) is 0.333. The monoisotopic (exact) mass is 422 g/mol. The van der Waals surface area contributed by atoms with Crippen molar-refractivity contribution in [2.75, 3.05) is 5.75 Å². The third-order valence-electron chi connectivity index (χ3n) is 4.26. The Morgan fingerprint density at radius 2 is 1.72 bits per heavy atom. The lowest BCUT2D eigenvalue weighted by Gasteiger charge is -2.21. The van der Waals surface area contributed by atoms with E-state index in [9.17, 15) is 24.3 Å². The minimum Gasteiger partial charge on any atom is -0.481 e. The van der Waals surface area contributed by atoms with Crippen LogP contribution in [-0.2, 0) is 25.6 Å². The van der Waals surface area contributed by atoms with Crippen molar-refractivity contribution in [2.24, 2.45) is 5.73 Å². The van der Waals surface area contributed by atoms with Crippen molar-refractivity contribution in [3.63, 3.8) is 0 Å². The Hall–Kier alpha value is -3.05. The van der Waals surface area contributed by atoms with Gasteiger partial charge in [-0.25, -0.2) is 4.79 Å². The fourth-order valence-corrected chi connectivity index (χ4v) is 2.90. The molecule has 7 N–H and O–H groups in total. The topological polar surface area (TPSA) is 175 Å². The van der Waals surface area contributed by atoms with Crippen LogP contribution >= 0.6 is 12.6 Å². The maximum absolute atomic E-state index is 12.5. The number of H-pyrrole nitrogens is 1. The van der Waals surface area contributed by atoms with Crippen LogP contribution < -0.4 is 16.4 Å². The molecule has 29 heavy (non-hydrogen) atoms. The number of carbonyl (C=O) groups excluding carboxylic acids is 2. The molecule has 0 fully saturated rings. The van der Waals surface area contributed by atoms with Crippen LogP contribution in [0.5, 0.6) is 0 Å². The van der Waals surface area contributed by atoms with Gasteiger partial charge in [0.2, 0.25) is 11.8 Å². The molecule has 0 saturated carbocycles. The Kier molecular flexibility index (Phi) is 7.62. The number of para-hydroxylation sites is 1. The number of thiol groups is 1. The summed E-state index contributed by atoms with van der Waals surface area (Å²) in [4.78, 5) is 50.2. The highest BCUT2D eigenvalue weighted by atomic mass is 32.1. The summed E-state index contributed by atoms with van der Waals surface area (Å²) in [6.45, 7) is 0. The third kappa shape index (κ3) is 5.96. The zero-order valence-electron chi connectivity index (χ0n) is 15.3. The van der Waals surface area contributed by atoms with Crippen molar-refractivity contribution in [3.8, 4) is 0 Å². The van der Waals surface area contributed by atoms with Crippen molar-refractivity contribution in [3.05, 3.63) is 36.0 Å². The number of fused-ring (bicyclic) bond motifs is 1. The van der Waals surface area contributed by atoms with E-state index in [1.54, 1.807) is 12.3 Å². The van der Waals surface area contributed by atoms with Gasteiger partial charge in [-0.1, -0.05) is 18.2 Å². The van der Waals surface area contributed by atoms with Gasteiger partial charge in [-0.3, -0.25) is 14.4 Å². The highest BCUT2D eigenvalue weighted by Gasteiger charge is 2.29. The van der Waals surface area contributed by atoms with Gasteiger partial charge in [0, 0.05) is 29.3 Å². The van der Waals surface area contributed by atoms with Crippen LogP contribution in [0.1, 0.15) is 12.0 Å². The average molecular weight is 422 g/mol. The average Bonchev–Trinajstić information content (AvgIpc) is 3.08. The predicted octanol–water partition coefficient (Wildman–Crippen LogP) is -0.504. The SMILES string of the molecule is NC(CS)C(=O)NC(CC(=O)O)C(=O)NC(Cc1c[nH]c2ccccc12)C(=O)O. The Morgan fingerprint density at radius 3 is 2.34 bits per heavy atom. The van der Waals surface area contributed by atoms with Crippen LogP contribution in [0, 0.1) is 0 Å². The Bertz CT molecular complexity index is 915. The standard InChI is InChI=1S/C18H22N4O6S/c19-11(8-29)16(25)21-13(6-15(23)24)17(26)22-14(18(27)28)5-9-7-20-12-4-2-1-3-10(9)12/h1-4,7,11,13-14,20,29H,5-6,8,19H2,(H,21,25)(H,22,26)(H,23,24)(H,27,28). The molecule has 3 unspecified atom stereocenters. The van der Waals surface area contributed by atoms with Crippen molar-refractivity contribution >= 4 is 47.3 Å². The molecule has 1 aromatic carbocycles. The van der Waals surface area contributed by atoms with Gasteiger partial charge in [-0.15, -0.1) is 0 Å². The first-order valence-electron chi connectivity index (χ1n) is 8.69. The molecular formula is C18H22N4O6S. The summed E-state index contributed by atoms with van der Waals surface area (Å²) in [5.74, 6) is -4.33. The molecule has 156 valence electrons. The maximum atomic E-state index is 12.5. The number of nitrogens with two attached hydrogens (primary N) is 1. The summed E-state index contributed by atoms with van der Waals surface area (Å²) in [6, 6.07) is 3.43. The molecule has 0 aliphatic carbocycles. The number of carboxylic acid groups (broad SMARTS) is 2. The Morgan fingerprint density at radius 1 is 1.07 bits per heavy atom. The van der Waals surface area contributed by atoms with Gasteiger partial charge in [0.1, 0.15) is 12.1 Å². The number of nitrogens with one attached hydrogen (secondary N) is 3. The molecule has 0 spiro atoms. The molecule has 0 radical (unpaired) electrons. The zero-order valence-corrected chi connectivity index (χ0v) is 16.2. The van der Waals surface area contributed by atoms with Crippen LogP contribution in [0.15, 0.2) is 30.5 Å². The number of rotatable bonds is 10. The van der Waals surface area contributed by atoms with E-state index in [0.29, 0.717) is 5.56 Å². The van der Waals surface area contributed by atoms with Crippen molar-refractivity contribution < 1.29 is 29.4 Å².